The molecule has 3 rings (SSSR count). The summed E-state index contributed by atoms with van der Waals surface area (Å²) in [5.74, 6) is 0.693. The molecule has 0 atom stereocenters. The average molecular weight is 421 g/mol. The summed E-state index contributed by atoms with van der Waals surface area (Å²) in [6.07, 6.45) is 2.92. The number of nitrogens with one attached hydrogen (secondary N) is 1. The van der Waals surface area contributed by atoms with Crippen molar-refractivity contribution in [3.8, 4) is 17.2 Å². The standard InChI is InChI=1S/C24H23NO6/c1-28-19-8-7-17-12-16(4-6-18(17)13-19)5-11-24(27)31-15-23(26)25-21-14-20(29-2)9-10-22(21)30-3/h4-14H,15H2,1-3H3,(H,25,26)/b11-5+. The van der Waals surface area contributed by atoms with E-state index in [1.807, 2.05) is 36.4 Å². The molecule has 3 aromatic rings. The van der Waals surface area contributed by atoms with Gasteiger partial charge in [-0.15, -0.1) is 0 Å². The Morgan fingerprint density at radius 2 is 1.52 bits per heavy atom. The van der Waals surface area contributed by atoms with Gasteiger partial charge in [0, 0.05) is 12.1 Å². The van der Waals surface area contributed by atoms with Crippen molar-refractivity contribution >= 4 is 34.4 Å². The average Bonchev–Trinajstić information content (AvgIpc) is 2.80. The first-order chi connectivity index (χ1) is 15.0. The minimum Gasteiger partial charge on any atom is -0.497 e. The molecule has 0 heterocycles. The lowest BCUT2D eigenvalue weighted by atomic mass is 10.1. The van der Waals surface area contributed by atoms with E-state index in [1.54, 1.807) is 31.4 Å². The lowest BCUT2D eigenvalue weighted by molar-refractivity contribution is -0.142. The van der Waals surface area contributed by atoms with E-state index >= 15 is 0 Å². The lowest BCUT2D eigenvalue weighted by Gasteiger charge is -2.11. The van der Waals surface area contributed by atoms with Gasteiger partial charge in [-0.25, -0.2) is 4.79 Å². The van der Waals surface area contributed by atoms with Crippen LogP contribution in [0.5, 0.6) is 17.2 Å². The summed E-state index contributed by atoms with van der Waals surface area (Å²) in [6, 6.07) is 16.5. The predicted octanol–water partition coefficient (Wildman–Crippen LogP) is 4.06. The largest absolute Gasteiger partial charge is 0.497 e. The van der Waals surface area contributed by atoms with Gasteiger partial charge in [-0.1, -0.05) is 18.2 Å². The highest BCUT2D eigenvalue weighted by Crippen LogP contribution is 2.28. The van der Waals surface area contributed by atoms with Gasteiger partial charge in [-0.05, 0) is 52.7 Å². The molecule has 0 aromatic heterocycles. The highest BCUT2D eigenvalue weighted by molar-refractivity contribution is 5.96. The number of amides is 1. The van der Waals surface area contributed by atoms with Gasteiger partial charge in [-0.2, -0.15) is 0 Å². The van der Waals surface area contributed by atoms with Crippen LogP contribution in [0.1, 0.15) is 5.56 Å². The molecule has 1 N–H and O–H groups in total. The van der Waals surface area contributed by atoms with Crippen LogP contribution in [0.25, 0.3) is 16.8 Å². The van der Waals surface area contributed by atoms with E-state index in [0.717, 1.165) is 22.1 Å². The van der Waals surface area contributed by atoms with Gasteiger partial charge < -0.3 is 24.3 Å². The molecule has 0 spiro atoms. The minimum absolute atomic E-state index is 0.422. The normalized spacial score (nSPS) is 10.7. The third kappa shape index (κ3) is 5.76. The van der Waals surface area contributed by atoms with Gasteiger partial charge in [0.25, 0.3) is 5.91 Å². The molecule has 0 bridgehead atoms. The van der Waals surface area contributed by atoms with Crippen molar-refractivity contribution in [2.45, 2.75) is 0 Å². The van der Waals surface area contributed by atoms with E-state index in [4.69, 9.17) is 18.9 Å². The van der Waals surface area contributed by atoms with E-state index in [9.17, 15) is 9.59 Å². The fourth-order valence-corrected chi connectivity index (χ4v) is 2.92. The Kier molecular flexibility index (Phi) is 7.11. The van der Waals surface area contributed by atoms with Crippen molar-refractivity contribution in [1.82, 2.24) is 0 Å². The maximum Gasteiger partial charge on any atom is 0.331 e. The molecule has 3 aromatic carbocycles. The second kappa shape index (κ2) is 10.2. The highest BCUT2D eigenvalue weighted by Gasteiger charge is 2.11. The minimum atomic E-state index is -0.623. The van der Waals surface area contributed by atoms with Crippen LogP contribution in [-0.2, 0) is 14.3 Å². The number of esters is 1. The molecule has 1 amide bonds. The molecule has 7 nitrogen and oxygen atoms in total. The van der Waals surface area contributed by atoms with Crippen LogP contribution in [0, 0.1) is 0 Å². The van der Waals surface area contributed by atoms with Crippen molar-refractivity contribution < 1.29 is 28.5 Å². The lowest BCUT2D eigenvalue weighted by Crippen LogP contribution is -2.20. The Morgan fingerprint density at radius 3 is 2.26 bits per heavy atom. The second-order valence-electron chi connectivity index (χ2n) is 6.53. The van der Waals surface area contributed by atoms with Crippen LogP contribution >= 0.6 is 0 Å². The molecule has 160 valence electrons. The first-order valence-electron chi connectivity index (χ1n) is 9.47. The van der Waals surface area contributed by atoms with Gasteiger partial charge in [0.05, 0.1) is 27.0 Å². The number of hydrogen-bond donors (Lipinski definition) is 1. The Balaban J connectivity index is 1.56. The molecule has 0 aliphatic heterocycles. The summed E-state index contributed by atoms with van der Waals surface area (Å²) < 4.78 is 20.6. The third-order valence-corrected chi connectivity index (χ3v) is 4.51. The Bertz CT molecular complexity index is 1120. The van der Waals surface area contributed by atoms with Crippen LogP contribution < -0.4 is 19.5 Å². The van der Waals surface area contributed by atoms with E-state index in [2.05, 4.69) is 5.32 Å². The van der Waals surface area contributed by atoms with Crippen molar-refractivity contribution in [1.29, 1.82) is 0 Å². The Morgan fingerprint density at radius 1 is 0.839 bits per heavy atom. The summed E-state index contributed by atoms with van der Waals surface area (Å²) >= 11 is 0. The molecular formula is C24H23NO6. The summed E-state index contributed by atoms with van der Waals surface area (Å²) in [7, 11) is 4.64. The molecule has 31 heavy (non-hydrogen) atoms. The maximum atomic E-state index is 12.1. The zero-order valence-corrected chi connectivity index (χ0v) is 17.5. The fraction of sp³-hybridized carbons (Fsp3) is 0.167. The Labute approximate surface area is 180 Å². The second-order valence-corrected chi connectivity index (χ2v) is 6.53. The molecule has 0 saturated carbocycles. The molecular weight excluding hydrogens is 398 g/mol. The van der Waals surface area contributed by atoms with E-state index in [0.29, 0.717) is 17.2 Å². The topological polar surface area (TPSA) is 83.1 Å². The van der Waals surface area contributed by atoms with Crippen molar-refractivity contribution in [3.63, 3.8) is 0 Å². The van der Waals surface area contributed by atoms with Crippen LogP contribution in [-0.4, -0.2) is 39.8 Å². The molecule has 0 fully saturated rings. The van der Waals surface area contributed by atoms with Gasteiger partial charge in [-0.3, -0.25) is 4.79 Å². The summed E-state index contributed by atoms with van der Waals surface area (Å²) in [5, 5.41) is 4.69. The first-order valence-corrected chi connectivity index (χ1v) is 9.47. The van der Waals surface area contributed by atoms with Gasteiger partial charge in [0.1, 0.15) is 17.2 Å². The molecule has 0 aliphatic carbocycles. The SMILES string of the molecule is COc1ccc(OC)c(NC(=O)COC(=O)/C=C/c2ccc3cc(OC)ccc3c2)c1. The van der Waals surface area contributed by atoms with Crippen molar-refractivity contribution in [2.75, 3.05) is 33.3 Å². The quantitative estimate of drug-likeness (QED) is 0.436. The highest BCUT2D eigenvalue weighted by atomic mass is 16.5. The predicted molar refractivity (Wildman–Crippen MR) is 119 cm³/mol. The molecule has 0 unspecified atom stereocenters. The molecule has 0 saturated heterocycles. The Hall–Kier alpha value is -4.00. The first kappa shape index (κ1) is 21.7. The van der Waals surface area contributed by atoms with Crippen LogP contribution in [0.15, 0.2) is 60.7 Å². The number of benzene rings is 3. The van der Waals surface area contributed by atoms with Crippen molar-refractivity contribution in [2.24, 2.45) is 0 Å². The van der Waals surface area contributed by atoms with Crippen LogP contribution in [0.3, 0.4) is 0 Å². The summed E-state index contributed by atoms with van der Waals surface area (Å²) in [5.41, 5.74) is 1.26. The number of anilines is 1. The molecule has 0 radical (unpaired) electrons. The van der Waals surface area contributed by atoms with E-state index in [1.165, 1.54) is 20.3 Å². The maximum absolute atomic E-state index is 12.1. The van der Waals surface area contributed by atoms with E-state index in [-0.39, 0.29) is 0 Å². The number of methoxy groups -OCH3 is 3. The summed E-state index contributed by atoms with van der Waals surface area (Å²) in [4.78, 5) is 24.1. The van der Waals surface area contributed by atoms with Crippen LogP contribution in [0.2, 0.25) is 0 Å². The monoisotopic (exact) mass is 421 g/mol. The third-order valence-electron chi connectivity index (χ3n) is 4.51. The zero-order valence-electron chi connectivity index (χ0n) is 17.5. The number of hydrogen-bond acceptors (Lipinski definition) is 6. The molecule has 7 heteroatoms. The van der Waals surface area contributed by atoms with Crippen LogP contribution in [0.4, 0.5) is 5.69 Å². The summed E-state index contributed by atoms with van der Waals surface area (Å²) in [6.45, 7) is -0.430. The van der Waals surface area contributed by atoms with Gasteiger partial charge in [0.2, 0.25) is 0 Å². The number of ether oxygens (including phenoxy) is 4. The molecule has 0 aliphatic rings. The smallest absolute Gasteiger partial charge is 0.331 e. The number of carbonyl (C=O) groups excluding carboxylic acids is 2. The van der Waals surface area contributed by atoms with Gasteiger partial charge in [0.15, 0.2) is 6.61 Å². The van der Waals surface area contributed by atoms with Crippen molar-refractivity contribution in [3.05, 3.63) is 66.2 Å². The number of rotatable bonds is 8. The number of fused-ring (bicyclic) bond motifs is 1. The fourth-order valence-electron chi connectivity index (χ4n) is 2.92. The zero-order chi connectivity index (χ0) is 22.2. The van der Waals surface area contributed by atoms with E-state index < -0.39 is 18.5 Å². The van der Waals surface area contributed by atoms with Gasteiger partial charge >= 0.3 is 5.97 Å². The number of carbonyl (C=O) groups is 2.